The molecule has 0 radical (unpaired) electrons. The Bertz CT molecular complexity index is 530. The Morgan fingerprint density at radius 3 is 2.62 bits per heavy atom. The quantitative estimate of drug-likeness (QED) is 0.611. The van der Waals surface area contributed by atoms with Crippen molar-refractivity contribution in [1.29, 1.82) is 0 Å². The number of carbonyl (C=O) groups excluding carboxylic acids is 2. The molecule has 7 heteroatoms. The molecule has 1 aromatic rings. The summed E-state index contributed by atoms with van der Waals surface area (Å²) in [5.41, 5.74) is 0.221. The highest BCUT2D eigenvalue weighted by Gasteiger charge is 2.24. The number of carbonyl (C=O) groups is 2. The number of esters is 1. The van der Waals surface area contributed by atoms with Gasteiger partial charge in [0.05, 0.1) is 0 Å². The summed E-state index contributed by atoms with van der Waals surface area (Å²) in [5, 5.41) is 0. The number of pyridine rings is 1. The molecule has 1 unspecified atom stereocenters. The fourth-order valence-electron chi connectivity index (χ4n) is 2.35. The van der Waals surface area contributed by atoms with Crippen LogP contribution in [-0.4, -0.2) is 54.5 Å². The van der Waals surface area contributed by atoms with E-state index >= 15 is 0 Å². The summed E-state index contributed by atoms with van der Waals surface area (Å²) in [6.45, 7) is 5.64. The predicted octanol–water partition coefficient (Wildman–Crippen LogP) is 1.06. The molecule has 1 aromatic heterocycles. The van der Waals surface area contributed by atoms with Gasteiger partial charge in [-0.2, -0.15) is 0 Å². The molecule has 1 saturated heterocycles. The van der Waals surface area contributed by atoms with Crippen LogP contribution in [0.1, 0.15) is 24.2 Å². The van der Waals surface area contributed by atoms with Crippen LogP contribution in [0.3, 0.4) is 0 Å². The van der Waals surface area contributed by atoms with Gasteiger partial charge in [0.1, 0.15) is 0 Å². The van der Waals surface area contributed by atoms with E-state index in [1.54, 1.807) is 0 Å². The lowest BCUT2D eigenvalue weighted by Crippen LogP contribution is -2.51. The first-order chi connectivity index (χ1) is 10.0. The van der Waals surface area contributed by atoms with Gasteiger partial charge in [0, 0.05) is 44.9 Å². The molecule has 0 aromatic carbocycles. The maximum Gasteiger partial charge on any atom is 0.304 e. The van der Waals surface area contributed by atoms with E-state index in [-0.39, 0.29) is 23.6 Å². The number of nitrogens with zero attached hydrogens (tertiary/aromatic N) is 3. The van der Waals surface area contributed by atoms with E-state index < -0.39 is 5.82 Å². The van der Waals surface area contributed by atoms with Gasteiger partial charge in [-0.1, -0.05) is 0 Å². The third kappa shape index (κ3) is 3.75. The third-order valence-corrected chi connectivity index (χ3v) is 3.44. The number of rotatable bonds is 4. The van der Waals surface area contributed by atoms with Crippen molar-refractivity contribution < 1.29 is 18.7 Å². The summed E-state index contributed by atoms with van der Waals surface area (Å²) in [7, 11) is 0. The monoisotopic (exact) mass is 295 g/mol. The zero-order chi connectivity index (χ0) is 15.4. The van der Waals surface area contributed by atoms with E-state index in [4.69, 9.17) is 4.74 Å². The van der Waals surface area contributed by atoms with E-state index in [0.717, 1.165) is 0 Å². The van der Waals surface area contributed by atoms with Gasteiger partial charge in [0.25, 0.3) is 0 Å². The highest BCUT2D eigenvalue weighted by Crippen LogP contribution is 2.19. The summed E-state index contributed by atoms with van der Waals surface area (Å²) in [4.78, 5) is 29.4. The molecule has 114 valence electrons. The standard InChI is InChI=1S/C14H18FN3O3/c1-10(21-11(2)20)17-3-5-18(6-4-17)14-13(15)7-12(9-19)8-16-14/h7-10H,3-6H2,1-2H3. The van der Waals surface area contributed by atoms with Crippen LogP contribution >= 0.6 is 0 Å². The molecule has 0 amide bonds. The number of hydrogen-bond acceptors (Lipinski definition) is 6. The minimum Gasteiger partial charge on any atom is -0.447 e. The van der Waals surface area contributed by atoms with E-state index in [1.165, 1.54) is 19.2 Å². The molecule has 6 nitrogen and oxygen atoms in total. The number of anilines is 1. The molecular weight excluding hydrogens is 277 g/mol. The topological polar surface area (TPSA) is 62.7 Å². The van der Waals surface area contributed by atoms with Gasteiger partial charge >= 0.3 is 5.97 Å². The second-order valence-corrected chi connectivity index (χ2v) is 4.92. The Balaban J connectivity index is 1.97. The zero-order valence-electron chi connectivity index (χ0n) is 12.1. The lowest BCUT2D eigenvalue weighted by Gasteiger charge is -2.37. The third-order valence-electron chi connectivity index (χ3n) is 3.44. The van der Waals surface area contributed by atoms with Crippen molar-refractivity contribution in [2.45, 2.75) is 20.1 Å². The Morgan fingerprint density at radius 2 is 2.10 bits per heavy atom. The van der Waals surface area contributed by atoms with E-state index in [9.17, 15) is 14.0 Å². The molecule has 2 rings (SSSR count). The molecule has 21 heavy (non-hydrogen) atoms. The van der Waals surface area contributed by atoms with Crippen molar-refractivity contribution in [2.75, 3.05) is 31.1 Å². The zero-order valence-corrected chi connectivity index (χ0v) is 12.1. The number of hydrogen-bond donors (Lipinski definition) is 0. The normalized spacial score (nSPS) is 17.4. The van der Waals surface area contributed by atoms with Crippen molar-refractivity contribution in [3.8, 4) is 0 Å². The van der Waals surface area contributed by atoms with Gasteiger partial charge in [-0.05, 0) is 13.0 Å². The molecule has 0 bridgehead atoms. The van der Waals surface area contributed by atoms with Gasteiger partial charge in [0.2, 0.25) is 0 Å². The van der Waals surface area contributed by atoms with Crippen LogP contribution in [0.2, 0.25) is 0 Å². The molecule has 0 saturated carbocycles. The Hall–Kier alpha value is -2.02. The van der Waals surface area contributed by atoms with Crippen LogP contribution in [0.15, 0.2) is 12.3 Å². The van der Waals surface area contributed by atoms with E-state index in [2.05, 4.69) is 4.98 Å². The number of piperazine rings is 1. The first kappa shape index (κ1) is 15.4. The van der Waals surface area contributed by atoms with E-state index in [1.807, 2.05) is 16.7 Å². The highest BCUT2D eigenvalue weighted by molar-refractivity contribution is 5.74. The van der Waals surface area contributed by atoms with Gasteiger partial charge < -0.3 is 9.64 Å². The van der Waals surface area contributed by atoms with Crippen LogP contribution in [0, 0.1) is 5.82 Å². The fourth-order valence-corrected chi connectivity index (χ4v) is 2.35. The van der Waals surface area contributed by atoms with E-state index in [0.29, 0.717) is 32.5 Å². The summed E-state index contributed by atoms with van der Waals surface area (Å²) >= 11 is 0. The van der Waals surface area contributed by atoms with Gasteiger partial charge in [-0.25, -0.2) is 9.37 Å². The van der Waals surface area contributed by atoms with Crippen molar-refractivity contribution in [3.63, 3.8) is 0 Å². The minimum atomic E-state index is -0.499. The molecule has 1 aliphatic heterocycles. The SMILES string of the molecule is CC(=O)OC(C)N1CCN(c2ncc(C=O)cc2F)CC1. The predicted molar refractivity (Wildman–Crippen MR) is 74.6 cm³/mol. The molecule has 1 aliphatic rings. The molecule has 0 N–H and O–H groups in total. The summed E-state index contributed by atoms with van der Waals surface area (Å²) in [6.07, 6.45) is 1.64. The van der Waals surface area contributed by atoms with Crippen LogP contribution in [-0.2, 0) is 9.53 Å². The highest BCUT2D eigenvalue weighted by atomic mass is 19.1. The molecule has 1 fully saturated rings. The van der Waals surface area contributed by atoms with Crippen LogP contribution in [0.5, 0.6) is 0 Å². The van der Waals surface area contributed by atoms with Crippen molar-refractivity contribution in [3.05, 3.63) is 23.6 Å². The lowest BCUT2D eigenvalue weighted by atomic mass is 10.2. The average Bonchev–Trinajstić information content (AvgIpc) is 2.46. The minimum absolute atomic E-state index is 0.221. The van der Waals surface area contributed by atoms with Crippen LogP contribution in [0.25, 0.3) is 0 Å². The lowest BCUT2D eigenvalue weighted by molar-refractivity contribution is -0.155. The van der Waals surface area contributed by atoms with Crippen molar-refractivity contribution >= 4 is 18.1 Å². The Labute approximate surface area is 122 Å². The summed E-state index contributed by atoms with van der Waals surface area (Å²) in [5.74, 6) is -0.566. The smallest absolute Gasteiger partial charge is 0.304 e. The van der Waals surface area contributed by atoms with Gasteiger partial charge in [-0.3, -0.25) is 14.5 Å². The summed E-state index contributed by atoms with van der Waals surface area (Å²) in [6, 6.07) is 1.18. The Morgan fingerprint density at radius 1 is 1.43 bits per heavy atom. The number of aromatic nitrogens is 1. The van der Waals surface area contributed by atoms with Gasteiger partial charge in [-0.15, -0.1) is 0 Å². The van der Waals surface area contributed by atoms with Gasteiger partial charge in [0.15, 0.2) is 24.1 Å². The number of ether oxygens (including phenoxy) is 1. The van der Waals surface area contributed by atoms with Crippen LogP contribution < -0.4 is 4.90 Å². The van der Waals surface area contributed by atoms with Crippen LogP contribution in [0.4, 0.5) is 10.2 Å². The molecule has 0 spiro atoms. The maximum atomic E-state index is 13.9. The largest absolute Gasteiger partial charge is 0.447 e. The second-order valence-electron chi connectivity index (χ2n) is 4.92. The number of aldehydes is 1. The average molecular weight is 295 g/mol. The molecule has 1 atom stereocenters. The second kappa shape index (κ2) is 6.62. The maximum absolute atomic E-state index is 13.9. The Kier molecular flexibility index (Phi) is 4.85. The first-order valence-corrected chi connectivity index (χ1v) is 6.78. The van der Waals surface area contributed by atoms with Crippen molar-refractivity contribution in [1.82, 2.24) is 9.88 Å². The molecular formula is C14H18FN3O3. The molecule has 2 heterocycles. The fraction of sp³-hybridized carbons (Fsp3) is 0.500. The van der Waals surface area contributed by atoms with Crippen molar-refractivity contribution in [2.24, 2.45) is 0 Å². The molecule has 0 aliphatic carbocycles. The summed E-state index contributed by atoms with van der Waals surface area (Å²) < 4.78 is 19.0. The number of halogens is 1. The first-order valence-electron chi connectivity index (χ1n) is 6.78.